The number of piperidine rings is 1. The Morgan fingerprint density at radius 1 is 1.63 bits per heavy atom. The van der Waals surface area contributed by atoms with Crippen molar-refractivity contribution in [3.8, 4) is 0 Å². The maximum Gasteiger partial charge on any atom is 0.311 e. The van der Waals surface area contributed by atoms with Crippen molar-refractivity contribution in [1.82, 2.24) is 10.2 Å². The van der Waals surface area contributed by atoms with E-state index >= 15 is 0 Å². The van der Waals surface area contributed by atoms with Gasteiger partial charge in [-0.2, -0.15) is 5.10 Å². The lowest BCUT2D eigenvalue weighted by Gasteiger charge is -2.40. The monoisotopic (exact) mass is 265 g/mol. The zero-order valence-corrected chi connectivity index (χ0v) is 11.1. The summed E-state index contributed by atoms with van der Waals surface area (Å²) in [5.41, 5.74) is -0.744. The van der Waals surface area contributed by atoms with E-state index in [4.69, 9.17) is 4.74 Å². The molecule has 1 atom stereocenters. The van der Waals surface area contributed by atoms with Crippen molar-refractivity contribution >= 4 is 11.8 Å². The first-order valence-corrected chi connectivity index (χ1v) is 6.43. The standard InChI is InChI=1S/C13H19N3O3/c1-19-9-6-13(12(17)18)5-3-8-16(10-13)11-4-2-7-14-15-11/h2,4,7H,3,5-6,8-10H2,1H3,(H,17,18). The van der Waals surface area contributed by atoms with Crippen LogP contribution >= 0.6 is 0 Å². The van der Waals surface area contributed by atoms with E-state index in [1.165, 1.54) is 0 Å². The van der Waals surface area contributed by atoms with Gasteiger partial charge in [0.15, 0.2) is 5.82 Å². The number of aliphatic carboxylic acids is 1. The molecule has 1 aliphatic heterocycles. The molecule has 1 unspecified atom stereocenters. The molecule has 6 heteroatoms. The molecule has 0 amide bonds. The van der Waals surface area contributed by atoms with E-state index in [1.54, 1.807) is 13.3 Å². The van der Waals surface area contributed by atoms with Crippen LogP contribution in [0.15, 0.2) is 18.3 Å². The Hall–Kier alpha value is -1.69. The largest absolute Gasteiger partial charge is 0.481 e. The highest BCUT2D eigenvalue weighted by atomic mass is 16.5. The minimum atomic E-state index is -0.752. The number of hydrogen-bond donors (Lipinski definition) is 1. The van der Waals surface area contributed by atoms with Crippen LogP contribution in [0.3, 0.4) is 0 Å². The predicted molar refractivity (Wildman–Crippen MR) is 70.0 cm³/mol. The Bertz CT molecular complexity index is 426. The molecule has 0 aromatic carbocycles. The number of ether oxygens (including phenoxy) is 1. The van der Waals surface area contributed by atoms with E-state index in [-0.39, 0.29) is 0 Å². The highest BCUT2D eigenvalue weighted by Crippen LogP contribution is 2.35. The molecule has 19 heavy (non-hydrogen) atoms. The van der Waals surface area contributed by atoms with Gasteiger partial charge in [-0.25, -0.2) is 0 Å². The van der Waals surface area contributed by atoms with E-state index in [0.29, 0.717) is 26.0 Å². The highest BCUT2D eigenvalue weighted by Gasteiger charge is 2.42. The fraction of sp³-hybridized carbons (Fsp3) is 0.615. The van der Waals surface area contributed by atoms with Crippen molar-refractivity contribution < 1.29 is 14.6 Å². The number of carboxylic acids is 1. The summed E-state index contributed by atoms with van der Waals surface area (Å²) in [6.45, 7) is 1.74. The number of anilines is 1. The molecule has 1 fully saturated rings. The summed E-state index contributed by atoms with van der Waals surface area (Å²) in [5.74, 6) is -0.0108. The summed E-state index contributed by atoms with van der Waals surface area (Å²) in [6.07, 6.45) is 3.66. The van der Waals surface area contributed by atoms with Crippen LogP contribution in [0.25, 0.3) is 0 Å². The van der Waals surface area contributed by atoms with Gasteiger partial charge < -0.3 is 14.7 Å². The molecule has 1 aliphatic rings. The molecule has 104 valence electrons. The fourth-order valence-corrected chi connectivity index (χ4v) is 2.57. The summed E-state index contributed by atoms with van der Waals surface area (Å²) in [6, 6.07) is 3.68. The van der Waals surface area contributed by atoms with Gasteiger partial charge in [0.1, 0.15) is 0 Å². The summed E-state index contributed by atoms with van der Waals surface area (Å²) in [7, 11) is 1.60. The van der Waals surface area contributed by atoms with Gasteiger partial charge in [-0.1, -0.05) is 0 Å². The number of hydrogen-bond acceptors (Lipinski definition) is 5. The number of nitrogens with zero attached hydrogens (tertiary/aromatic N) is 3. The van der Waals surface area contributed by atoms with Crippen LogP contribution in [0.1, 0.15) is 19.3 Å². The molecule has 2 heterocycles. The van der Waals surface area contributed by atoms with E-state index < -0.39 is 11.4 Å². The zero-order chi connectivity index (χ0) is 13.7. The van der Waals surface area contributed by atoms with Gasteiger partial charge in [-0.05, 0) is 31.4 Å². The van der Waals surface area contributed by atoms with Crippen LogP contribution in [-0.2, 0) is 9.53 Å². The van der Waals surface area contributed by atoms with Crippen LogP contribution in [-0.4, -0.2) is 48.1 Å². The van der Waals surface area contributed by atoms with Crippen molar-refractivity contribution in [2.45, 2.75) is 19.3 Å². The predicted octanol–water partition coefficient (Wildman–Crippen LogP) is 1.18. The van der Waals surface area contributed by atoms with Crippen LogP contribution in [0, 0.1) is 5.41 Å². The average Bonchev–Trinajstić information content (AvgIpc) is 2.46. The molecule has 0 aliphatic carbocycles. The second kappa shape index (κ2) is 5.97. The van der Waals surface area contributed by atoms with E-state index in [9.17, 15) is 9.90 Å². The summed E-state index contributed by atoms with van der Waals surface area (Å²) in [5, 5.41) is 17.5. The summed E-state index contributed by atoms with van der Waals surface area (Å²) < 4.78 is 5.05. The van der Waals surface area contributed by atoms with Crippen LogP contribution in [0.5, 0.6) is 0 Å². The Labute approximate surface area is 112 Å². The normalized spacial score (nSPS) is 23.3. The Kier molecular flexibility index (Phi) is 4.31. The van der Waals surface area contributed by atoms with Crippen molar-refractivity contribution in [3.05, 3.63) is 18.3 Å². The number of carbonyl (C=O) groups is 1. The van der Waals surface area contributed by atoms with Crippen molar-refractivity contribution in [2.75, 3.05) is 31.7 Å². The third kappa shape index (κ3) is 3.01. The van der Waals surface area contributed by atoms with Crippen LogP contribution < -0.4 is 4.90 Å². The average molecular weight is 265 g/mol. The summed E-state index contributed by atoms with van der Waals surface area (Å²) >= 11 is 0. The van der Waals surface area contributed by atoms with Gasteiger partial charge in [0.25, 0.3) is 0 Å². The van der Waals surface area contributed by atoms with E-state index in [0.717, 1.165) is 18.8 Å². The Morgan fingerprint density at radius 2 is 2.47 bits per heavy atom. The number of carboxylic acid groups (broad SMARTS) is 1. The van der Waals surface area contributed by atoms with E-state index in [1.807, 2.05) is 17.0 Å². The Balaban J connectivity index is 2.15. The number of methoxy groups -OCH3 is 1. The maximum atomic E-state index is 11.6. The smallest absolute Gasteiger partial charge is 0.311 e. The number of rotatable bonds is 5. The summed E-state index contributed by atoms with van der Waals surface area (Å²) in [4.78, 5) is 13.6. The first-order valence-electron chi connectivity index (χ1n) is 6.43. The maximum absolute atomic E-state index is 11.6. The SMILES string of the molecule is COCCC1(C(=O)O)CCCN(c2cccnn2)C1. The molecule has 0 radical (unpaired) electrons. The van der Waals surface area contributed by atoms with Gasteiger partial charge in [-0.15, -0.1) is 5.10 Å². The second-order valence-electron chi connectivity index (χ2n) is 4.94. The molecule has 0 bridgehead atoms. The second-order valence-corrected chi connectivity index (χ2v) is 4.94. The molecule has 1 N–H and O–H groups in total. The third-order valence-electron chi connectivity index (χ3n) is 3.70. The lowest BCUT2D eigenvalue weighted by atomic mass is 9.77. The number of aromatic nitrogens is 2. The van der Waals surface area contributed by atoms with Crippen molar-refractivity contribution in [1.29, 1.82) is 0 Å². The molecule has 2 rings (SSSR count). The first kappa shape index (κ1) is 13.7. The molecule has 0 saturated carbocycles. The van der Waals surface area contributed by atoms with Gasteiger partial charge >= 0.3 is 5.97 Å². The zero-order valence-electron chi connectivity index (χ0n) is 11.1. The lowest BCUT2D eigenvalue weighted by Crippen LogP contribution is -2.48. The molecule has 0 spiro atoms. The quantitative estimate of drug-likeness (QED) is 0.861. The third-order valence-corrected chi connectivity index (χ3v) is 3.70. The molecular formula is C13H19N3O3. The molecular weight excluding hydrogens is 246 g/mol. The molecule has 1 aromatic rings. The van der Waals surface area contributed by atoms with Crippen molar-refractivity contribution in [3.63, 3.8) is 0 Å². The lowest BCUT2D eigenvalue weighted by molar-refractivity contribution is -0.150. The first-order chi connectivity index (χ1) is 9.18. The van der Waals surface area contributed by atoms with Gasteiger partial charge in [0.2, 0.25) is 0 Å². The molecule has 6 nitrogen and oxygen atoms in total. The topological polar surface area (TPSA) is 75.6 Å². The van der Waals surface area contributed by atoms with E-state index in [2.05, 4.69) is 10.2 Å². The fourth-order valence-electron chi connectivity index (χ4n) is 2.57. The minimum Gasteiger partial charge on any atom is -0.481 e. The Morgan fingerprint density at radius 3 is 3.11 bits per heavy atom. The molecule has 1 aromatic heterocycles. The van der Waals surface area contributed by atoms with Gasteiger partial charge in [-0.3, -0.25) is 4.79 Å². The highest BCUT2D eigenvalue weighted by molar-refractivity contribution is 5.76. The van der Waals surface area contributed by atoms with Crippen molar-refractivity contribution in [2.24, 2.45) is 5.41 Å². The van der Waals surface area contributed by atoms with Gasteiger partial charge in [0.05, 0.1) is 5.41 Å². The van der Waals surface area contributed by atoms with Gasteiger partial charge in [0, 0.05) is 33.0 Å². The van der Waals surface area contributed by atoms with Crippen LogP contribution in [0.4, 0.5) is 5.82 Å². The molecule has 1 saturated heterocycles. The minimum absolute atomic E-state index is 0.459. The van der Waals surface area contributed by atoms with Crippen LogP contribution in [0.2, 0.25) is 0 Å².